The third-order valence-corrected chi connectivity index (χ3v) is 4.31. The maximum absolute atomic E-state index is 2.67. The van der Waals surface area contributed by atoms with Gasteiger partial charge in [-0.2, -0.15) is 11.8 Å². The molecule has 1 aliphatic heterocycles. The van der Waals surface area contributed by atoms with Crippen LogP contribution in [0.1, 0.15) is 40.0 Å². The quantitative estimate of drug-likeness (QED) is 0.711. The summed E-state index contributed by atoms with van der Waals surface area (Å²) in [4.78, 5) is 2.67. The van der Waals surface area contributed by atoms with Crippen molar-refractivity contribution in [3.05, 3.63) is 0 Å². The Morgan fingerprint density at radius 3 is 2.14 bits per heavy atom. The Kier molecular flexibility index (Phi) is 5.32. The molecule has 2 heteroatoms. The van der Waals surface area contributed by atoms with E-state index < -0.39 is 0 Å². The molecular weight excluding hydrogens is 190 g/mol. The lowest BCUT2D eigenvalue weighted by atomic mass is 10.0. The third-order valence-electron chi connectivity index (χ3n) is 3.37. The average molecular weight is 215 g/mol. The molecule has 0 aromatic carbocycles. The summed E-state index contributed by atoms with van der Waals surface area (Å²) in [6, 6.07) is 0. The minimum atomic E-state index is 0.766. The molecule has 0 aromatic rings. The van der Waals surface area contributed by atoms with E-state index in [0.29, 0.717) is 0 Å². The molecule has 1 saturated carbocycles. The van der Waals surface area contributed by atoms with E-state index in [1.807, 2.05) is 13.8 Å². The van der Waals surface area contributed by atoms with Gasteiger partial charge in [0.2, 0.25) is 0 Å². The van der Waals surface area contributed by atoms with Crippen LogP contribution in [0.15, 0.2) is 0 Å². The average Bonchev–Trinajstić information content (AvgIpc) is 3.03. The molecule has 0 spiro atoms. The first-order valence-electron chi connectivity index (χ1n) is 6.15. The zero-order chi connectivity index (χ0) is 10.4. The van der Waals surface area contributed by atoms with E-state index in [1.54, 1.807) is 0 Å². The van der Waals surface area contributed by atoms with Crippen LogP contribution in [0.5, 0.6) is 0 Å². The fourth-order valence-electron chi connectivity index (χ4n) is 2.03. The first-order chi connectivity index (χ1) is 6.85. The molecule has 2 rings (SSSR count). The molecule has 0 radical (unpaired) electrons. The predicted octanol–water partition coefficient (Wildman–Crippen LogP) is 3.25. The summed E-state index contributed by atoms with van der Waals surface area (Å²) in [7, 11) is 0. The number of nitrogens with zero attached hydrogens (tertiary/aromatic N) is 1. The molecule has 0 N–H and O–H groups in total. The second-order valence-corrected chi connectivity index (χ2v) is 5.47. The summed E-state index contributed by atoms with van der Waals surface area (Å²) in [5.74, 6) is 2.72. The highest BCUT2D eigenvalue weighted by molar-refractivity contribution is 7.99. The van der Waals surface area contributed by atoms with Gasteiger partial charge >= 0.3 is 0 Å². The SMILES string of the molecule is CC.CCC1(CN2CCSCC2)CC1. The minimum Gasteiger partial charge on any atom is -0.301 e. The fraction of sp³-hybridized carbons (Fsp3) is 1.00. The largest absolute Gasteiger partial charge is 0.301 e. The summed E-state index contributed by atoms with van der Waals surface area (Å²) >= 11 is 2.11. The van der Waals surface area contributed by atoms with Crippen molar-refractivity contribution in [2.24, 2.45) is 5.41 Å². The van der Waals surface area contributed by atoms with E-state index in [-0.39, 0.29) is 0 Å². The molecule has 1 nitrogen and oxygen atoms in total. The fourth-order valence-corrected chi connectivity index (χ4v) is 3.01. The lowest BCUT2D eigenvalue weighted by molar-refractivity contribution is 0.235. The van der Waals surface area contributed by atoms with Crippen molar-refractivity contribution in [3.63, 3.8) is 0 Å². The molecule has 1 heterocycles. The van der Waals surface area contributed by atoms with Gasteiger partial charge in [0.25, 0.3) is 0 Å². The molecule has 1 aliphatic carbocycles. The van der Waals surface area contributed by atoms with E-state index in [4.69, 9.17) is 0 Å². The summed E-state index contributed by atoms with van der Waals surface area (Å²) in [5.41, 5.74) is 0.766. The smallest absolute Gasteiger partial charge is 0.00729 e. The van der Waals surface area contributed by atoms with Crippen LogP contribution in [-0.2, 0) is 0 Å². The van der Waals surface area contributed by atoms with Crippen molar-refractivity contribution in [3.8, 4) is 0 Å². The molecule has 14 heavy (non-hydrogen) atoms. The van der Waals surface area contributed by atoms with E-state index >= 15 is 0 Å². The highest BCUT2D eigenvalue weighted by atomic mass is 32.2. The minimum absolute atomic E-state index is 0.766. The van der Waals surface area contributed by atoms with Crippen LogP contribution >= 0.6 is 11.8 Å². The number of hydrogen-bond acceptors (Lipinski definition) is 2. The first-order valence-corrected chi connectivity index (χ1v) is 7.30. The van der Waals surface area contributed by atoms with Crippen molar-refractivity contribution in [2.75, 3.05) is 31.1 Å². The third kappa shape index (κ3) is 3.47. The zero-order valence-corrected chi connectivity index (χ0v) is 10.8. The predicted molar refractivity (Wildman–Crippen MR) is 67.1 cm³/mol. The van der Waals surface area contributed by atoms with E-state index in [1.165, 1.54) is 50.4 Å². The highest BCUT2D eigenvalue weighted by Gasteiger charge is 2.41. The summed E-state index contributed by atoms with van der Waals surface area (Å²) in [6.45, 7) is 10.4. The van der Waals surface area contributed by atoms with Crippen LogP contribution in [0.3, 0.4) is 0 Å². The van der Waals surface area contributed by atoms with Gasteiger partial charge in [-0.1, -0.05) is 20.8 Å². The van der Waals surface area contributed by atoms with Crippen LogP contribution < -0.4 is 0 Å². The Hall–Kier alpha value is 0.310. The van der Waals surface area contributed by atoms with Gasteiger partial charge in [0, 0.05) is 31.1 Å². The van der Waals surface area contributed by atoms with Crippen molar-refractivity contribution >= 4 is 11.8 Å². The van der Waals surface area contributed by atoms with Gasteiger partial charge in [0.15, 0.2) is 0 Å². The Balaban J connectivity index is 0.000000461. The normalized spacial score (nSPS) is 25.1. The molecule has 0 atom stereocenters. The van der Waals surface area contributed by atoms with Crippen molar-refractivity contribution in [2.45, 2.75) is 40.0 Å². The molecular formula is C12H25NS. The van der Waals surface area contributed by atoms with Gasteiger partial charge in [-0.15, -0.1) is 0 Å². The Morgan fingerprint density at radius 2 is 1.71 bits per heavy atom. The zero-order valence-electron chi connectivity index (χ0n) is 10.0. The van der Waals surface area contributed by atoms with Gasteiger partial charge in [0.05, 0.1) is 0 Å². The highest BCUT2D eigenvalue weighted by Crippen LogP contribution is 2.49. The Morgan fingerprint density at radius 1 is 1.14 bits per heavy atom. The summed E-state index contributed by atoms with van der Waals surface area (Å²) in [5, 5.41) is 0. The van der Waals surface area contributed by atoms with Crippen LogP contribution in [0.2, 0.25) is 0 Å². The van der Waals surface area contributed by atoms with Crippen molar-refractivity contribution < 1.29 is 0 Å². The Labute approximate surface area is 93.6 Å². The van der Waals surface area contributed by atoms with Crippen LogP contribution in [0.25, 0.3) is 0 Å². The van der Waals surface area contributed by atoms with E-state index in [9.17, 15) is 0 Å². The monoisotopic (exact) mass is 215 g/mol. The van der Waals surface area contributed by atoms with Crippen molar-refractivity contribution in [1.29, 1.82) is 0 Å². The lowest BCUT2D eigenvalue weighted by Crippen LogP contribution is -2.37. The molecule has 0 unspecified atom stereocenters. The number of rotatable bonds is 3. The second kappa shape index (κ2) is 6.02. The molecule has 84 valence electrons. The number of thioether (sulfide) groups is 1. The summed E-state index contributed by atoms with van der Waals surface area (Å²) in [6.07, 6.45) is 4.39. The molecule has 2 fully saturated rings. The molecule has 0 aromatic heterocycles. The molecule has 1 saturated heterocycles. The van der Waals surface area contributed by atoms with Gasteiger partial charge in [0.1, 0.15) is 0 Å². The standard InChI is InChI=1S/C10H19NS.C2H6/c1-2-10(3-4-10)9-11-5-7-12-8-6-11;1-2/h2-9H2,1H3;1-2H3. The lowest BCUT2D eigenvalue weighted by Gasteiger charge is -2.29. The summed E-state index contributed by atoms with van der Waals surface area (Å²) < 4.78 is 0. The number of hydrogen-bond donors (Lipinski definition) is 0. The molecule has 2 aliphatic rings. The topological polar surface area (TPSA) is 3.24 Å². The van der Waals surface area contributed by atoms with Gasteiger partial charge in [-0.3, -0.25) is 0 Å². The maximum Gasteiger partial charge on any atom is 0.00729 e. The van der Waals surface area contributed by atoms with Gasteiger partial charge in [-0.25, -0.2) is 0 Å². The van der Waals surface area contributed by atoms with E-state index in [2.05, 4.69) is 23.6 Å². The van der Waals surface area contributed by atoms with Crippen molar-refractivity contribution in [1.82, 2.24) is 4.90 Å². The second-order valence-electron chi connectivity index (χ2n) is 4.24. The molecule has 0 bridgehead atoms. The molecule has 0 amide bonds. The van der Waals surface area contributed by atoms with Gasteiger partial charge < -0.3 is 4.90 Å². The van der Waals surface area contributed by atoms with Crippen LogP contribution in [0.4, 0.5) is 0 Å². The Bertz CT molecular complexity index is 148. The van der Waals surface area contributed by atoms with Gasteiger partial charge in [-0.05, 0) is 24.7 Å². The maximum atomic E-state index is 2.67. The van der Waals surface area contributed by atoms with E-state index in [0.717, 1.165) is 5.41 Å². The first kappa shape index (κ1) is 12.4. The van der Waals surface area contributed by atoms with Crippen LogP contribution in [-0.4, -0.2) is 36.0 Å². The van der Waals surface area contributed by atoms with Crippen LogP contribution in [0, 0.1) is 5.41 Å².